The van der Waals surface area contributed by atoms with Gasteiger partial charge in [0.15, 0.2) is 5.69 Å². The van der Waals surface area contributed by atoms with Crippen LogP contribution in [0.15, 0.2) is 54.6 Å². The quantitative estimate of drug-likeness (QED) is 0.503. The summed E-state index contributed by atoms with van der Waals surface area (Å²) >= 11 is -2.55. The lowest BCUT2D eigenvalue weighted by Gasteiger charge is -2.18. The number of rotatable bonds is 6. The molecule has 2 aromatic carbocycles. The molecule has 0 aromatic heterocycles. The first-order valence-electron chi connectivity index (χ1n) is 5.91. The van der Waals surface area contributed by atoms with E-state index >= 15 is 0 Å². The molecule has 0 aliphatic rings. The van der Waals surface area contributed by atoms with Crippen LogP contribution in [0.25, 0.3) is 0 Å². The van der Waals surface area contributed by atoms with Gasteiger partial charge in [0.1, 0.15) is 6.61 Å². The molecule has 0 bridgehead atoms. The van der Waals surface area contributed by atoms with Crippen LogP contribution in [0.5, 0.6) is 0 Å². The Balaban J connectivity index is 2.24. The van der Waals surface area contributed by atoms with Gasteiger partial charge in [-0.1, -0.05) is 42.5 Å². The summed E-state index contributed by atoms with van der Waals surface area (Å²) in [6.07, 6.45) is 0. The molecule has 2 rings (SSSR count). The average molecular weight is 308 g/mol. The fraction of sp³-hybridized carbons (Fsp3) is 0.0769. The van der Waals surface area contributed by atoms with Gasteiger partial charge in [0, 0.05) is 6.07 Å². The van der Waals surface area contributed by atoms with Crippen LogP contribution in [0.2, 0.25) is 0 Å². The molecule has 0 aliphatic heterocycles. The van der Waals surface area contributed by atoms with Gasteiger partial charge in [0.05, 0.1) is 4.92 Å². The van der Waals surface area contributed by atoms with Crippen LogP contribution in [0.3, 0.4) is 0 Å². The van der Waals surface area contributed by atoms with Crippen molar-refractivity contribution in [3.63, 3.8) is 0 Å². The van der Waals surface area contributed by atoms with E-state index in [9.17, 15) is 18.9 Å². The molecule has 0 amide bonds. The Bertz CT molecular complexity index is 650. The highest BCUT2D eigenvalue weighted by atomic mass is 32.2. The molecule has 1 unspecified atom stereocenters. The molecule has 0 aliphatic carbocycles. The van der Waals surface area contributed by atoms with Crippen LogP contribution < -0.4 is 4.47 Å². The Morgan fingerprint density at radius 1 is 1.14 bits per heavy atom. The third-order valence-corrected chi connectivity index (χ3v) is 3.19. The molecule has 21 heavy (non-hydrogen) atoms. The molecular formula is C13H12N2O5S. The molecule has 0 spiro atoms. The summed E-state index contributed by atoms with van der Waals surface area (Å²) in [5.41, 5.74) is 0.374. The minimum atomic E-state index is -2.55. The predicted octanol–water partition coefficient (Wildman–Crippen LogP) is 2.67. The first-order chi connectivity index (χ1) is 10.1. The zero-order chi connectivity index (χ0) is 15.2. The second-order valence-corrected chi connectivity index (χ2v) is 4.79. The van der Waals surface area contributed by atoms with Crippen LogP contribution >= 0.6 is 0 Å². The van der Waals surface area contributed by atoms with Crippen molar-refractivity contribution >= 4 is 22.6 Å². The van der Waals surface area contributed by atoms with E-state index in [0.29, 0.717) is 4.47 Å². The largest absolute Gasteiger partial charge is 0.296 e. The maximum atomic E-state index is 11.4. The number of nitro groups is 1. The molecule has 1 N–H and O–H groups in total. The van der Waals surface area contributed by atoms with Gasteiger partial charge in [-0.05, 0) is 11.6 Å². The highest BCUT2D eigenvalue weighted by Crippen LogP contribution is 2.29. The smallest absolute Gasteiger partial charge is 0.288 e. The van der Waals surface area contributed by atoms with E-state index in [0.717, 1.165) is 5.56 Å². The SMILES string of the molecule is O=[N+]([O-])c1ccccc1N(OCc1ccccc1)S(=O)O. The Labute approximate surface area is 123 Å². The minimum absolute atomic E-state index is 0.0131. The highest BCUT2D eigenvalue weighted by molar-refractivity contribution is 7.80. The molecule has 2 aromatic rings. The van der Waals surface area contributed by atoms with Crippen LogP contribution in [0.1, 0.15) is 5.56 Å². The number of benzene rings is 2. The maximum absolute atomic E-state index is 11.4. The molecule has 0 radical (unpaired) electrons. The number of para-hydroxylation sites is 2. The van der Waals surface area contributed by atoms with E-state index in [1.807, 2.05) is 6.07 Å². The van der Waals surface area contributed by atoms with E-state index in [1.54, 1.807) is 24.3 Å². The van der Waals surface area contributed by atoms with Crippen molar-refractivity contribution < 1.29 is 18.5 Å². The van der Waals surface area contributed by atoms with Crippen molar-refractivity contribution in [1.82, 2.24) is 0 Å². The van der Waals surface area contributed by atoms with E-state index < -0.39 is 16.2 Å². The Morgan fingerprint density at radius 2 is 1.76 bits per heavy atom. The van der Waals surface area contributed by atoms with Gasteiger partial charge < -0.3 is 0 Å². The summed E-state index contributed by atoms with van der Waals surface area (Å²) in [7, 11) is 0. The zero-order valence-electron chi connectivity index (χ0n) is 10.8. The molecule has 0 saturated heterocycles. The van der Waals surface area contributed by atoms with Crippen LogP contribution in [-0.2, 0) is 22.7 Å². The Hall–Kier alpha value is -2.29. The summed E-state index contributed by atoms with van der Waals surface area (Å²) in [5, 5.41) is 11.0. The normalized spacial score (nSPS) is 11.9. The first-order valence-corrected chi connectivity index (χ1v) is 6.97. The van der Waals surface area contributed by atoms with Gasteiger partial charge in [-0.25, -0.2) is 4.21 Å². The lowest BCUT2D eigenvalue weighted by molar-refractivity contribution is -0.384. The summed E-state index contributed by atoms with van der Waals surface area (Å²) < 4.78 is 21.3. The second kappa shape index (κ2) is 6.93. The number of nitrogens with zero attached hydrogens (tertiary/aromatic N) is 2. The molecule has 0 heterocycles. The summed E-state index contributed by atoms with van der Waals surface area (Å²) in [6.45, 7) is 0.0131. The van der Waals surface area contributed by atoms with Crippen molar-refractivity contribution in [3.05, 3.63) is 70.3 Å². The van der Waals surface area contributed by atoms with Crippen molar-refractivity contribution in [3.8, 4) is 0 Å². The fourth-order valence-electron chi connectivity index (χ4n) is 1.68. The fourth-order valence-corrected chi connectivity index (χ4v) is 2.14. The van der Waals surface area contributed by atoms with Gasteiger partial charge in [-0.3, -0.25) is 19.5 Å². The molecule has 8 heteroatoms. The summed E-state index contributed by atoms with van der Waals surface area (Å²) in [6, 6.07) is 14.5. The van der Waals surface area contributed by atoms with Crippen molar-refractivity contribution in [1.29, 1.82) is 0 Å². The van der Waals surface area contributed by atoms with E-state index in [-0.39, 0.29) is 18.0 Å². The van der Waals surface area contributed by atoms with Gasteiger partial charge >= 0.3 is 0 Å². The number of anilines is 1. The van der Waals surface area contributed by atoms with Crippen LogP contribution in [0.4, 0.5) is 11.4 Å². The van der Waals surface area contributed by atoms with Gasteiger partial charge in [-0.15, -0.1) is 4.47 Å². The van der Waals surface area contributed by atoms with Gasteiger partial charge in [0.25, 0.3) is 17.0 Å². The van der Waals surface area contributed by atoms with E-state index in [4.69, 9.17) is 4.84 Å². The average Bonchev–Trinajstić information content (AvgIpc) is 2.48. The number of nitro benzene ring substituents is 1. The first kappa shape index (κ1) is 15.1. The summed E-state index contributed by atoms with van der Waals surface area (Å²) in [4.78, 5) is 15.6. The molecule has 0 fully saturated rings. The van der Waals surface area contributed by atoms with Crippen LogP contribution in [-0.4, -0.2) is 13.7 Å². The predicted molar refractivity (Wildman–Crippen MR) is 77.6 cm³/mol. The number of hydrogen-bond acceptors (Lipinski definition) is 4. The van der Waals surface area contributed by atoms with E-state index in [1.165, 1.54) is 24.3 Å². The number of hydrogen-bond donors (Lipinski definition) is 1. The molecule has 110 valence electrons. The third kappa shape index (κ3) is 3.85. The lowest BCUT2D eigenvalue weighted by atomic mass is 10.2. The van der Waals surface area contributed by atoms with Crippen molar-refractivity contribution in [2.75, 3.05) is 4.47 Å². The zero-order valence-corrected chi connectivity index (χ0v) is 11.6. The molecule has 1 atom stereocenters. The van der Waals surface area contributed by atoms with Gasteiger partial charge in [-0.2, -0.15) is 0 Å². The molecular weight excluding hydrogens is 296 g/mol. The Kier molecular flexibility index (Phi) is 4.99. The van der Waals surface area contributed by atoms with Crippen LogP contribution in [0, 0.1) is 10.1 Å². The maximum Gasteiger partial charge on any atom is 0.296 e. The lowest BCUT2D eigenvalue weighted by Crippen LogP contribution is -2.26. The highest BCUT2D eigenvalue weighted by Gasteiger charge is 2.23. The minimum Gasteiger partial charge on any atom is -0.288 e. The van der Waals surface area contributed by atoms with Crippen molar-refractivity contribution in [2.24, 2.45) is 0 Å². The molecule has 7 nitrogen and oxygen atoms in total. The third-order valence-electron chi connectivity index (χ3n) is 2.61. The topological polar surface area (TPSA) is 92.9 Å². The monoisotopic (exact) mass is 308 g/mol. The van der Waals surface area contributed by atoms with Gasteiger partial charge in [0.2, 0.25) is 0 Å². The standard InChI is InChI=1S/C13H12N2O5S/c16-14(17)12-8-4-5-9-13(12)15(21(18)19)20-10-11-6-2-1-3-7-11/h1-9H,10H2,(H,18,19). The van der Waals surface area contributed by atoms with E-state index in [2.05, 4.69) is 0 Å². The Morgan fingerprint density at radius 3 is 2.38 bits per heavy atom. The molecule has 0 saturated carbocycles. The summed E-state index contributed by atoms with van der Waals surface area (Å²) in [5.74, 6) is 0. The van der Waals surface area contributed by atoms with Crippen molar-refractivity contribution in [2.45, 2.75) is 6.61 Å². The second-order valence-electron chi connectivity index (χ2n) is 3.99.